The molecule has 0 aromatic carbocycles. The zero-order valence-corrected chi connectivity index (χ0v) is 25.0. The molecule has 0 saturated carbocycles. The predicted octanol–water partition coefficient (Wildman–Crippen LogP) is 8.26. The summed E-state index contributed by atoms with van der Waals surface area (Å²) in [6.45, 7) is 1.16. The highest BCUT2D eigenvalue weighted by atomic mass is 16.2. The summed E-state index contributed by atoms with van der Waals surface area (Å²) < 4.78 is 0. The van der Waals surface area contributed by atoms with Crippen LogP contribution in [0.25, 0.3) is 0 Å². The maximum Gasteiger partial charge on any atom is 0.229 e. The molecule has 4 amide bonds. The van der Waals surface area contributed by atoms with Crippen molar-refractivity contribution in [1.82, 2.24) is 9.80 Å². The van der Waals surface area contributed by atoms with Gasteiger partial charge in [0.15, 0.2) is 0 Å². The van der Waals surface area contributed by atoms with Crippen molar-refractivity contribution in [1.29, 1.82) is 0 Å². The fraction of sp³-hybridized carbons (Fsp3) is 0.879. The van der Waals surface area contributed by atoms with Gasteiger partial charge in [-0.25, -0.2) is 0 Å². The van der Waals surface area contributed by atoms with Crippen LogP contribution in [0.4, 0.5) is 0 Å². The predicted molar refractivity (Wildman–Crippen MR) is 158 cm³/mol. The topological polar surface area (TPSA) is 74.8 Å². The van der Waals surface area contributed by atoms with Gasteiger partial charge >= 0.3 is 0 Å². The number of rotatable bonds is 8. The van der Waals surface area contributed by atoms with E-state index in [2.05, 4.69) is 0 Å². The summed E-state index contributed by atoms with van der Waals surface area (Å²) in [5.41, 5.74) is 0. The molecular formula is C33H58N2O4. The second-order valence-corrected chi connectivity index (χ2v) is 12.0. The van der Waals surface area contributed by atoms with Crippen molar-refractivity contribution in [3.05, 3.63) is 0 Å². The van der Waals surface area contributed by atoms with Crippen molar-refractivity contribution >= 4 is 23.6 Å². The zero-order chi connectivity index (χ0) is 28.0. The number of carbonyl (C=O) groups is 4. The summed E-state index contributed by atoms with van der Waals surface area (Å²) in [4.78, 5) is 54.3. The Bertz CT molecular complexity index is 650. The van der Waals surface area contributed by atoms with Gasteiger partial charge < -0.3 is 0 Å². The Labute approximate surface area is 239 Å². The van der Waals surface area contributed by atoms with Crippen LogP contribution in [0.2, 0.25) is 0 Å². The molecule has 6 nitrogen and oxygen atoms in total. The number of hydrogen-bond acceptors (Lipinski definition) is 4. The number of carbonyl (C=O) groups excluding carboxylic acids is 4. The summed E-state index contributed by atoms with van der Waals surface area (Å²) in [5.74, 6) is 0.0262. The molecule has 0 atom stereocenters. The maximum atomic E-state index is 12.9. The normalized spacial score (nSPS) is 20.5. The van der Waals surface area contributed by atoms with Gasteiger partial charge in [0.05, 0.1) is 0 Å². The summed E-state index contributed by atoms with van der Waals surface area (Å²) in [6.07, 6.45) is 26.7. The first-order valence-electron chi connectivity index (χ1n) is 16.8. The monoisotopic (exact) mass is 546 g/mol. The minimum Gasteiger partial charge on any atom is -0.283 e. The van der Waals surface area contributed by atoms with E-state index in [0.29, 0.717) is 38.8 Å². The van der Waals surface area contributed by atoms with E-state index in [1.165, 1.54) is 64.2 Å². The fourth-order valence-electron chi connectivity index (χ4n) is 5.97. The number of nitrogens with zero attached hydrogens (tertiary/aromatic N) is 2. The Morgan fingerprint density at radius 3 is 1.05 bits per heavy atom. The van der Waals surface area contributed by atoms with E-state index >= 15 is 0 Å². The van der Waals surface area contributed by atoms with Crippen LogP contribution in [0.3, 0.4) is 0 Å². The molecule has 0 N–H and O–H groups in total. The first-order chi connectivity index (χ1) is 19.1. The van der Waals surface area contributed by atoms with Gasteiger partial charge in [0.1, 0.15) is 0 Å². The molecule has 0 aliphatic carbocycles. The zero-order valence-electron chi connectivity index (χ0n) is 25.0. The number of amides is 4. The molecule has 0 aromatic rings. The van der Waals surface area contributed by atoms with E-state index in [0.717, 1.165) is 83.5 Å². The van der Waals surface area contributed by atoms with Gasteiger partial charge in [-0.15, -0.1) is 0 Å². The smallest absolute Gasteiger partial charge is 0.229 e. The van der Waals surface area contributed by atoms with Gasteiger partial charge in [0.25, 0.3) is 0 Å². The summed E-state index contributed by atoms with van der Waals surface area (Å²) in [5, 5.41) is 0. The molecule has 2 saturated heterocycles. The third-order valence-corrected chi connectivity index (χ3v) is 8.53. The van der Waals surface area contributed by atoms with Gasteiger partial charge in [0, 0.05) is 38.8 Å². The van der Waals surface area contributed by atoms with Crippen molar-refractivity contribution in [2.75, 3.05) is 13.1 Å². The third kappa shape index (κ3) is 15.6. The quantitative estimate of drug-likeness (QED) is 0.287. The SMILES string of the molecule is O=C1CCCCCCCCCCCN1C(=O)CCCCCCCC(=O)N1CCCCCCCCCCCC1=O. The highest BCUT2D eigenvalue weighted by Gasteiger charge is 2.21. The lowest BCUT2D eigenvalue weighted by Crippen LogP contribution is -2.37. The second kappa shape index (κ2) is 22.0. The van der Waals surface area contributed by atoms with Crippen LogP contribution in [-0.4, -0.2) is 46.5 Å². The first-order valence-corrected chi connectivity index (χ1v) is 16.8. The Morgan fingerprint density at radius 2 is 0.692 bits per heavy atom. The molecule has 0 aromatic heterocycles. The van der Waals surface area contributed by atoms with Crippen molar-refractivity contribution < 1.29 is 19.2 Å². The molecule has 2 fully saturated rings. The van der Waals surface area contributed by atoms with E-state index in [1.807, 2.05) is 0 Å². The number of imide groups is 2. The highest BCUT2D eigenvalue weighted by Crippen LogP contribution is 2.17. The summed E-state index contributed by atoms with van der Waals surface area (Å²) >= 11 is 0. The van der Waals surface area contributed by atoms with Crippen LogP contribution < -0.4 is 0 Å². The van der Waals surface area contributed by atoms with Crippen LogP contribution in [0, 0.1) is 0 Å². The van der Waals surface area contributed by atoms with Crippen LogP contribution >= 0.6 is 0 Å². The van der Waals surface area contributed by atoms with Gasteiger partial charge in [-0.2, -0.15) is 0 Å². The largest absolute Gasteiger partial charge is 0.283 e. The molecule has 2 rings (SSSR count). The van der Waals surface area contributed by atoms with Crippen LogP contribution in [-0.2, 0) is 19.2 Å². The van der Waals surface area contributed by atoms with E-state index < -0.39 is 0 Å². The maximum absolute atomic E-state index is 12.9. The summed E-state index contributed by atoms with van der Waals surface area (Å²) in [6, 6.07) is 0. The second-order valence-electron chi connectivity index (χ2n) is 12.0. The van der Waals surface area contributed by atoms with Gasteiger partial charge in [-0.05, 0) is 38.5 Å². The highest BCUT2D eigenvalue weighted by molar-refractivity contribution is 5.95. The van der Waals surface area contributed by atoms with Crippen molar-refractivity contribution in [2.45, 2.75) is 173 Å². The molecule has 2 aliphatic rings. The Hall–Kier alpha value is -1.72. The molecule has 0 unspecified atom stereocenters. The summed E-state index contributed by atoms with van der Waals surface area (Å²) in [7, 11) is 0. The van der Waals surface area contributed by atoms with Crippen molar-refractivity contribution in [2.24, 2.45) is 0 Å². The van der Waals surface area contributed by atoms with Gasteiger partial charge in [-0.1, -0.05) is 109 Å². The molecule has 39 heavy (non-hydrogen) atoms. The van der Waals surface area contributed by atoms with Crippen LogP contribution in [0.5, 0.6) is 0 Å². The van der Waals surface area contributed by atoms with Crippen LogP contribution in [0.15, 0.2) is 0 Å². The van der Waals surface area contributed by atoms with E-state index in [1.54, 1.807) is 9.80 Å². The van der Waals surface area contributed by atoms with E-state index in [-0.39, 0.29) is 23.6 Å². The number of hydrogen-bond donors (Lipinski definition) is 0. The first kappa shape index (κ1) is 33.5. The molecule has 0 spiro atoms. The van der Waals surface area contributed by atoms with Gasteiger partial charge in [0.2, 0.25) is 23.6 Å². The standard InChI is InChI=1S/C33H58N2O4/c36-30-24-18-12-7-3-1-5-9-16-22-28-34(30)32(38)26-20-14-11-15-21-27-33(39)35-29-23-17-10-6-2-4-8-13-19-25-31(35)37/h1-29H2. The lowest BCUT2D eigenvalue weighted by molar-refractivity contribution is -0.146. The average Bonchev–Trinajstić information content (AvgIpc) is 2.96. The molecule has 0 bridgehead atoms. The van der Waals surface area contributed by atoms with E-state index in [9.17, 15) is 19.2 Å². The van der Waals surface area contributed by atoms with Crippen molar-refractivity contribution in [3.8, 4) is 0 Å². The molecule has 6 heteroatoms. The molecule has 2 heterocycles. The molecule has 2 aliphatic heterocycles. The Kier molecular flexibility index (Phi) is 18.9. The van der Waals surface area contributed by atoms with Crippen molar-refractivity contribution in [3.63, 3.8) is 0 Å². The average molecular weight is 547 g/mol. The lowest BCUT2D eigenvalue weighted by Gasteiger charge is -2.21. The number of unbranched alkanes of at least 4 members (excludes halogenated alkanes) is 4. The minimum atomic E-state index is -0.00503. The Morgan fingerprint density at radius 1 is 0.410 bits per heavy atom. The fourth-order valence-corrected chi connectivity index (χ4v) is 5.97. The molecule has 0 radical (unpaired) electrons. The third-order valence-electron chi connectivity index (χ3n) is 8.53. The van der Waals surface area contributed by atoms with E-state index in [4.69, 9.17) is 0 Å². The minimum absolute atomic E-state index is 0.00503. The lowest BCUT2D eigenvalue weighted by atomic mass is 10.1. The molecular weight excluding hydrogens is 488 g/mol. The van der Waals surface area contributed by atoms with Gasteiger partial charge in [-0.3, -0.25) is 29.0 Å². The van der Waals surface area contributed by atoms with Crippen LogP contribution in [0.1, 0.15) is 173 Å². The molecule has 224 valence electrons. The Balaban J connectivity index is 1.65.